The van der Waals surface area contributed by atoms with Gasteiger partial charge in [-0.2, -0.15) is 0 Å². The van der Waals surface area contributed by atoms with E-state index in [-0.39, 0.29) is 11.1 Å². The molecule has 0 atom stereocenters. The van der Waals surface area contributed by atoms with Gasteiger partial charge in [0.05, 0.1) is 18.9 Å². The monoisotopic (exact) mass is 228 g/mol. The van der Waals surface area contributed by atoms with Crippen LogP contribution in [0.3, 0.4) is 0 Å². The fourth-order valence-corrected chi connectivity index (χ4v) is 1.60. The number of hydrogen-bond donors (Lipinski definition) is 2. The van der Waals surface area contributed by atoms with Crippen LogP contribution in [-0.2, 0) is 4.74 Å². The van der Waals surface area contributed by atoms with E-state index in [4.69, 9.17) is 10.5 Å². The van der Waals surface area contributed by atoms with E-state index in [0.717, 1.165) is 18.2 Å². The van der Waals surface area contributed by atoms with Crippen molar-refractivity contribution in [1.29, 1.82) is 0 Å². The Labute approximate surface area is 92.6 Å². The average molecular weight is 228 g/mol. The van der Waals surface area contributed by atoms with Crippen molar-refractivity contribution in [2.24, 2.45) is 11.1 Å². The molecule has 1 fully saturated rings. The molecular weight excluding hydrogens is 214 g/mol. The molecule has 1 saturated heterocycles. The third-order valence-electron chi connectivity index (χ3n) is 2.83. The van der Waals surface area contributed by atoms with Gasteiger partial charge in [-0.15, -0.1) is 0 Å². The highest BCUT2D eigenvalue weighted by Crippen LogP contribution is 2.27. The number of benzene rings is 1. The van der Waals surface area contributed by atoms with Gasteiger partial charge in [0.1, 0.15) is 11.6 Å². The van der Waals surface area contributed by atoms with E-state index in [1.807, 2.05) is 0 Å². The molecule has 0 amide bonds. The molecule has 0 saturated carbocycles. The van der Waals surface area contributed by atoms with Crippen LogP contribution >= 0.6 is 0 Å². The van der Waals surface area contributed by atoms with Gasteiger partial charge in [-0.1, -0.05) is 0 Å². The lowest BCUT2D eigenvalue weighted by Gasteiger charge is -2.40. The summed E-state index contributed by atoms with van der Waals surface area (Å²) in [5, 5.41) is 2.87. The van der Waals surface area contributed by atoms with E-state index < -0.39 is 11.6 Å². The zero-order valence-corrected chi connectivity index (χ0v) is 8.80. The van der Waals surface area contributed by atoms with Gasteiger partial charge in [-0.25, -0.2) is 8.78 Å². The maximum Gasteiger partial charge on any atom is 0.146 e. The van der Waals surface area contributed by atoms with Crippen LogP contribution in [0.15, 0.2) is 18.2 Å². The van der Waals surface area contributed by atoms with Crippen LogP contribution < -0.4 is 11.1 Å². The number of ether oxygens (including phenoxy) is 1. The van der Waals surface area contributed by atoms with Crippen LogP contribution in [0.2, 0.25) is 0 Å². The number of rotatable bonds is 4. The quantitative estimate of drug-likeness (QED) is 0.817. The fraction of sp³-hybridized carbons (Fsp3) is 0.455. The summed E-state index contributed by atoms with van der Waals surface area (Å²) in [7, 11) is 0. The average Bonchev–Trinajstić information content (AvgIpc) is 2.22. The Morgan fingerprint density at radius 2 is 2.12 bits per heavy atom. The Morgan fingerprint density at radius 1 is 1.38 bits per heavy atom. The normalized spacial score (nSPS) is 17.9. The van der Waals surface area contributed by atoms with E-state index in [0.29, 0.717) is 26.3 Å². The lowest BCUT2D eigenvalue weighted by atomic mass is 9.86. The third-order valence-corrected chi connectivity index (χ3v) is 2.83. The molecule has 0 radical (unpaired) electrons. The van der Waals surface area contributed by atoms with Crippen molar-refractivity contribution in [3.05, 3.63) is 29.8 Å². The second-order valence-electron chi connectivity index (χ2n) is 4.17. The minimum Gasteiger partial charge on any atom is -0.382 e. The zero-order chi connectivity index (χ0) is 11.6. The van der Waals surface area contributed by atoms with Gasteiger partial charge in [0, 0.05) is 18.5 Å². The molecule has 0 bridgehead atoms. The van der Waals surface area contributed by atoms with Gasteiger partial charge in [-0.3, -0.25) is 0 Å². The lowest BCUT2D eigenvalue weighted by molar-refractivity contribution is -0.0979. The molecule has 3 nitrogen and oxygen atoms in total. The van der Waals surface area contributed by atoms with Gasteiger partial charge in [0.2, 0.25) is 0 Å². The molecule has 1 aromatic carbocycles. The summed E-state index contributed by atoms with van der Waals surface area (Å²) in [6.45, 7) is 2.08. The minimum atomic E-state index is -0.464. The maximum atomic E-state index is 13.3. The molecule has 0 aliphatic carbocycles. The van der Waals surface area contributed by atoms with Gasteiger partial charge >= 0.3 is 0 Å². The van der Waals surface area contributed by atoms with Crippen molar-refractivity contribution >= 4 is 5.69 Å². The summed E-state index contributed by atoms with van der Waals surface area (Å²) in [6.07, 6.45) is 0. The molecule has 1 aliphatic heterocycles. The van der Waals surface area contributed by atoms with Gasteiger partial charge in [-0.05, 0) is 18.2 Å². The first kappa shape index (κ1) is 11.3. The lowest BCUT2D eigenvalue weighted by Crippen LogP contribution is -2.52. The number of hydrogen-bond acceptors (Lipinski definition) is 3. The zero-order valence-electron chi connectivity index (χ0n) is 8.80. The first-order valence-electron chi connectivity index (χ1n) is 5.12. The van der Waals surface area contributed by atoms with Crippen LogP contribution in [0.5, 0.6) is 0 Å². The van der Waals surface area contributed by atoms with E-state index in [1.165, 1.54) is 0 Å². The van der Waals surface area contributed by atoms with Crippen LogP contribution in [0, 0.1) is 17.0 Å². The standard InChI is InChI=1S/C11H14F2N2O/c12-8-1-2-9(13)10(3-8)15-5-11(4-14)6-16-7-11/h1-3,15H,4-7,14H2. The topological polar surface area (TPSA) is 47.3 Å². The third kappa shape index (κ3) is 2.15. The molecule has 1 aromatic rings. The molecule has 1 heterocycles. The summed E-state index contributed by atoms with van der Waals surface area (Å²) in [4.78, 5) is 0. The van der Waals surface area contributed by atoms with E-state index >= 15 is 0 Å². The van der Waals surface area contributed by atoms with Crippen molar-refractivity contribution in [2.45, 2.75) is 0 Å². The smallest absolute Gasteiger partial charge is 0.146 e. The predicted octanol–water partition coefficient (Wildman–Crippen LogP) is 1.35. The minimum absolute atomic E-state index is 0.140. The Morgan fingerprint density at radius 3 is 2.69 bits per heavy atom. The summed E-state index contributed by atoms with van der Waals surface area (Å²) in [6, 6.07) is 3.33. The highest BCUT2D eigenvalue weighted by atomic mass is 19.1. The Kier molecular flexibility index (Phi) is 3.07. The summed E-state index contributed by atoms with van der Waals surface area (Å²) in [5.41, 5.74) is 5.64. The molecule has 3 N–H and O–H groups in total. The van der Waals surface area contributed by atoms with Gasteiger partial charge in [0.15, 0.2) is 0 Å². The SMILES string of the molecule is NCC1(CNc2cc(F)ccc2F)COC1. The van der Waals surface area contributed by atoms with Crippen molar-refractivity contribution in [1.82, 2.24) is 0 Å². The molecular formula is C11H14F2N2O. The molecule has 0 spiro atoms. The summed E-state index contributed by atoms with van der Waals surface area (Å²) < 4.78 is 31.3. The molecule has 2 rings (SSSR count). The highest BCUT2D eigenvalue weighted by molar-refractivity contribution is 5.45. The van der Waals surface area contributed by atoms with Crippen molar-refractivity contribution in [3.63, 3.8) is 0 Å². The second kappa shape index (κ2) is 4.35. The second-order valence-corrected chi connectivity index (χ2v) is 4.17. The summed E-state index contributed by atoms with van der Waals surface area (Å²) in [5.74, 6) is -0.927. The van der Waals surface area contributed by atoms with Crippen molar-refractivity contribution in [3.8, 4) is 0 Å². The predicted molar refractivity (Wildman–Crippen MR) is 57.2 cm³/mol. The van der Waals surface area contributed by atoms with Crippen LogP contribution in [0.25, 0.3) is 0 Å². The van der Waals surface area contributed by atoms with E-state index in [2.05, 4.69) is 5.32 Å². The highest BCUT2D eigenvalue weighted by Gasteiger charge is 2.37. The number of halogens is 2. The van der Waals surface area contributed by atoms with Crippen LogP contribution in [0.1, 0.15) is 0 Å². The van der Waals surface area contributed by atoms with E-state index in [9.17, 15) is 8.78 Å². The molecule has 88 valence electrons. The molecule has 1 aliphatic rings. The first-order chi connectivity index (χ1) is 7.65. The Hall–Kier alpha value is -1.20. The van der Waals surface area contributed by atoms with E-state index in [1.54, 1.807) is 0 Å². The maximum absolute atomic E-state index is 13.3. The number of anilines is 1. The molecule has 0 aromatic heterocycles. The Balaban J connectivity index is 2.01. The Bertz CT molecular complexity index is 375. The fourth-order valence-electron chi connectivity index (χ4n) is 1.60. The van der Waals surface area contributed by atoms with Crippen LogP contribution in [-0.4, -0.2) is 26.3 Å². The van der Waals surface area contributed by atoms with Gasteiger partial charge < -0.3 is 15.8 Å². The summed E-state index contributed by atoms with van der Waals surface area (Å²) >= 11 is 0. The molecule has 5 heteroatoms. The number of nitrogens with one attached hydrogen (secondary N) is 1. The van der Waals surface area contributed by atoms with Gasteiger partial charge in [0.25, 0.3) is 0 Å². The van der Waals surface area contributed by atoms with Crippen LogP contribution in [0.4, 0.5) is 14.5 Å². The largest absolute Gasteiger partial charge is 0.382 e. The number of nitrogens with two attached hydrogens (primary N) is 1. The molecule has 16 heavy (non-hydrogen) atoms. The van der Waals surface area contributed by atoms with Crippen molar-refractivity contribution < 1.29 is 13.5 Å². The first-order valence-corrected chi connectivity index (χ1v) is 5.12. The van der Waals surface area contributed by atoms with Crippen molar-refractivity contribution in [2.75, 3.05) is 31.6 Å². The molecule has 0 unspecified atom stereocenters.